The molecule has 0 saturated heterocycles. The number of benzene rings is 1. The van der Waals surface area contributed by atoms with E-state index < -0.39 is 26.9 Å². The van der Waals surface area contributed by atoms with Gasteiger partial charge in [-0.3, -0.25) is 8.98 Å². The molecule has 0 atom stereocenters. The second-order valence-corrected chi connectivity index (χ2v) is 5.91. The van der Waals surface area contributed by atoms with Gasteiger partial charge in [-0.25, -0.2) is 4.39 Å². The molecular weight excluding hydrogens is 283 g/mol. The van der Waals surface area contributed by atoms with Gasteiger partial charge in [0.25, 0.3) is 10.1 Å². The molecule has 108 valence electrons. The summed E-state index contributed by atoms with van der Waals surface area (Å²) in [5.74, 6) is 1.01. The van der Waals surface area contributed by atoms with Gasteiger partial charge in [0.15, 0.2) is 5.78 Å². The van der Waals surface area contributed by atoms with Gasteiger partial charge in [-0.15, -0.1) is 12.3 Å². The molecule has 0 aliphatic rings. The number of halogens is 1. The number of ketones is 1. The minimum Gasteiger partial charge on any atom is -0.294 e. The zero-order valence-corrected chi connectivity index (χ0v) is 12.0. The van der Waals surface area contributed by atoms with Crippen LogP contribution in [0.5, 0.6) is 0 Å². The van der Waals surface area contributed by atoms with Crippen molar-refractivity contribution in [2.75, 3.05) is 0 Å². The first-order valence-electron chi connectivity index (χ1n) is 5.97. The molecule has 4 nitrogen and oxygen atoms in total. The predicted octanol–water partition coefficient (Wildman–Crippen LogP) is 2.54. The van der Waals surface area contributed by atoms with Crippen LogP contribution in [-0.2, 0) is 14.3 Å². The minimum atomic E-state index is -4.23. The van der Waals surface area contributed by atoms with Gasteiger partial charge < -0.3 is 0 Å². The second kappa shape index (κ2) is 6.64. The summed E-state index contributed by atoms with van der Waals surface area (Å²) in [4.78, 5) is 11.1. The molecule has 1 aromatic rings. The highest BCUT2D eigenvalue weighted by atomic mass is 32.2. The molecule has 0 unspecified atom stereocenters. The summed E-state index contributed by atoms with van der Waals surface area (Å²) in [6.07, 6.45) is 4.74. The van der Waals surface area contributed by atoms with Crippen LogP contribution in [0.25, 0.3) is 0 Å². The first-order chi connectivity index (χ1) is 9.27. The molecule has 0 N–H and O–H groups in total. The molecule has 1 aromatic carbocycles. The van der Waals surface area contributed by atoms with Gasteiger partial charge in [0.05, 0.1) is 6.10 Å². The molecule has 0 fully saturated rings. The highest BCUT2D eigenvalue weighted by Gasteiger charge is 2.23. The first kappa shape index (κ1) is 16.3. The summed E-state index contributed by atoms with van der Waals surface area (Å²) in [5.41, 5.74) is 0.0904. The lowest BCUT2D eigenvalue weighted by Gasteiger charge is -2.10. The van der Waals surface area contributed by atoms with Gasteiger partial charge in [-0.05, 0) is 32.0 Å². The Labute approximate surface area is 118 Å². The lowest BCUT2D eigenvalue weighted by atomic mass is 10.1. The average Bonchev–Trinajstić information content (AvgIpc) is 2.34. The monoisotopic (exact) mass is 298 g/mol. The molecule has 0 amide bonds. The number of Topliss-reactive ketones (excluding diaryl/α,β-unsaturated/α-hetero) is 1. The van der Waals surface area contributed by atoms with Gasteiger partial charge in [0.1, 0.15) is 10.7 Å². The van der Waals surface area contributed by atoms with E-state index in [1.165, 1.54) is 19.9 Å². The maximum atomic E-state index is 13.6. The Kier molecular flexibility index (Phi) is 5.43. The number of carbonyl (C=O) groups is 1. The van der Waals surface area contributed by atoms with Crippen LogP contribution >= 0.6 is 0 Å². The molecule has 6 heteroatoms. The Morgan fingerprint density at radius 1 is 1.45 bits per heavy atom. The maximum absolute atomic E-state index is 13.6. The van der Waals surface area contributed by atoms with E-state index in [-0.39, 0.29) is 24.2 Å². The topological polar surface area (TPSA) is 60.4 Å². The van der Waals surface area contributed by atoms with E-state index in [0.717, 1.165) is 12.1 Å². The Morgan fingerprint density at radius 3 is 2.65 bits per heavy atom. The van der Waals surface area contributed by atoms with Crippen molar-refractivity contribution in [1.82, 2.24) is 0 Å². The Bertz CT molecular complexity index is 642. The van der Waals surface area contributed by atoms with Crippen LogP contribution in [0.15, 0.2) is 23.1 Å². The summed E-state index contributed by atoms with van der Waals surface area (Å²) in [5, 5.41) is 0. The quantitative estimate of drug-likeness (QED) is 0.460. The van der Waals surface area contributed by atoms with Crippen LogP contribution in [0.2, 0.25) is 0 Å². The third-order valence-electron chi connectivity index (χ3n) is 2.34. The SMILES string of the molecule is C#CCCC(=O)c1ccc(F)c(S(=O)(=O)OC(C)C)c1. The van der Waals surface area contributed by atoms with E-state index in [0.29, 0.717) is 0 Å². The van der Waals surface area contributed by atoms with Gasteiger partial charge in [0.2, 0.25) is 0 Å². The number of carbonyl (C=O) groups excluding carboxylic acids is 1. The fraction of sp³-hybridized carbons (Fsp3) is 0.357. The normalized spacial score (nSPS) is 11.3. The summed E-state index contributed by atoms with van der Waals surface area (Å²) in [6.45, 7) is 3.02. The summed E-state index contributed by atoms with van der Waals surface area (Å²) >= 11 is 0. The lowest BCUT2D eigenvalue weighted by molar-refractivity contribution is 0.0984. The third-order valence-corrected chi connectivity index (χ3v) is 3.83. The number of hydrogen-bond acceptors (Lipinski definition) is 4. The van der Waals surface area contributed by atoms with Gasteiger partial charge in [-0.2, -0.15) is 8.42 Å². The molecule has 0 heterocycles. The average molecular weight is 298 g/mol. The van der Waals surface area contributed by atoms with Crippen LogP contribution in [0.1, 0.15) is 37.0 Å². The first-order valence-corrected chi connectivity index (χ1v) is 7.38. The van der Waals surface area contributed by atoms with Crippen molar-refractivity contribution in [1.29, 1.82) is 0 Å². The van der Waals surface area contributed by atoms with Crippen molar-refractivity contribution in [3.05, 3.63) is 29.6 Å². The minimum absolute atomic E-state index is 0.0760. The van der Waals surface area contributed by atoms with Crippen LogP contribution < -0.4 is 0 Å². The van der Waals surface area contributed by atoms with Crippen LogP contribution in [0.3, 0.4) is 0 Å². The standard InChI is InChI=1S/C14H15FO4S/c1-4-5-6-13(16)11-7-8-12(15)14(9-11)20(17,18)19-10(2)3/h1,7-10H,5-6H2,2-3H3. The van der Waals surface area contributed by atoms with Gasteiger partial charge >= 0.3 is 0 Å². The molecule has 0 aromatic heterocycles. The van der Waals surface area contributed by atoms with Gasteiger partial charge in [0, 0.05) is 18.4 Å². The van der Waals surface area contributed by atoms with E-state index in [1.807, 2.05) is 0 Å². The Balaban J connectivity index is 3.16. The van der Waals surface area contributed by atoms with E-state index in [4.69, 9.17) is 10.6 Å². The second-order valence-electron chi connectivity index (χ2n) is 4.37. The Hall–Kier alpha value is -1.71. The lowest BCUT2D eigenvalue weighted by Crippen LogP contribution is -2.14. The van der Waals surface area contributed by atoms with Crippen molar-refractivity contribution < 1.29 is 21.8 Å². The third kappa shape index (κ3) is 4.15. The summed E-state index contributed by atoms with van der Waals surface area (Å²) < 4.78 is 42.0. The Morgan fingerprint density at radius 2 is 2.10 bits per heavy atom. The van der Waals surface area contributed by atoms with E-state index in [1.54, 1.807) is 0 Å². The van der Waals surface area contributed by atoms with E-state index in [9.17, 15) is 17.6 Å². The van der Waals surface area contributed by atoms with Crippen molar-refractivity contribution in [2.45, 2.75) is 37.7 Å². The van der Waals surface area contributed by atoms with Crippen molar-refractivity contribution >= 4 is 15.9 Å². The molecule has 0 aliphatic heterocycles. The van der Waals surface area contributed by atoms with Crippen molar-refractivity contribution in [3.63, 3.8) is 0 Å². The fourth-order valence-electron chi connectivity index (χ4n) is 1.50. The van der Waals surface area contributed by atoms with E-state index >= 15 is 0 Å². The van der Waals surface area contributed by atoms with Crippen LogP contribution in [-0.4, -0.2) is 20.3 Å². The molecule has 20 heavy (non-hydrogen) atoms. The predicted molar refractivity (Wildman–Crippen MR) is 72.2 cm³/mol. The summed E-state index contributed by atoms with van der Waals surface area (Å²) in [7, 11) is -4.23. The highest BCUT2D eigenvalue weighted by molar-refractivity contribution is 7.86. The highest BCUT2D eigenvalue weighted by Crippen LogP contribution is 2.21. The molecule has 0 aliphatic carbocycles. The molecule has 0 bridgehead atoms. The van der Waals surface area contributed by atoms with Crippen LogP contribution in [0, 0.1) is 18.2 Å². The zero-order valence-electron chi connectivity index (χ0n) is 11.2. The largest absolute Gasteiger partial charge is 0.300 e. The zero-order chi connectivity index (χ0) is 15.3. The van der Waals surface area contributed by atoms with Crippen molar-refractivity contribution in [2.24, 2.45) is 0 Å². The molecule has 0 spiro atoms. The molecule has 0 saturated carbocycles. The molecule has 0 radical (unpaired) electrons. The number of rotatable bonds is 6. The smallest absolute Gasteiger partial charge is 0.294 e. The number of terminal acetylenes is 1. The van der Waals surface area contributed by atoms with Gasteiger partial charge in [-0.1, -0.05) is 0 Å². The number of hydrogen-bond donors (Lipinski definition) is 0. The fourth-order valence-corrected chi connectivity index (χ4v) is 2.69. The molecular formula is C14H15FO4S. The summed E-state index contributed by atoms with van der Waals surface area (Å²) in [6, 6.07) is 3.13. The van der Waals surface area contributed by atoms with E-state index in [2.05, 4.69) is 5.92 Å². The maximum Gasteiger partial charge on any atom is 0.300 e. The van der Waals surface area contributed by atoms with Crippen LogP contribution in [0.4, 0.5) is 4.39 Å². The molecule has 1 rings (SSSR count). The van der Waals surface area contributed by atoms with Crippen molar-refractivity contribution in [3.8, 4) is 12.3 Å².